The van der Waals surface area contributed by atoms with Crippen LogP contribution in [-0.4, -0.2) is 34.9 Å². The third kappa shape index (κ3) is 1.40. The molecule has 1 radical (unpaired) electrons. The molecule has 2 atom stereocenters. The lowest BCUT2D eigenvalue weighted by molar-refractivity contribution is -0.139. The van der Waals surface area contributed by atoms with Gasteiger partial charge < -0.3 is 10.2 Å². The number of nitrogens with zero attached hydrogens (tertiary/aromatic N) is 1. The van der Waals surface area contributed by atoms with Gasteiger partial charge in [0.05, 0.1) is 6.10 Å². The number of hydrogen-bond donors (Lipinski definition) is 2. The van der Waals surface area contributed by atoms with Crippen LogP contribution in [0.5, 0.6) is 0 Å². The Bertz CT molecular complexity index is 125. The summed E-state index contributed by atoms with van der Waals surface area (Å²) in [5.74, 6) is -0.938. The first-order valence-corrected chi connectivity index (χ1v) is 2.77. The first-order valence-electron chi connectivity index (χ1n) is 2.77. The van der Waals surface area contributed by atoms with Crippen LogP contribution in [0.15, 0.2) is 0 Å². The number of carboxylic acid groups (broad SMARTS) is 1. The molecule has 0 aliphatic carbocycles. The fourth-order valence-corrected chi connectivity index (χ4v) is 0.835. The Labute approximate surface area is 52.5 Å². The van der Waals surface area contributed by atoms with E-state index in [2.05, 4.69) is 5.32 Å². The largest absolute Gasteiger partial charge is 0.480 e. The lowest BCUT2D eigenvalue weighted by atomic mass is 10.2. The average Bonchev–Trinajstić information content (AvgIpc) is 2.14. The van der Waals surface area contributed by atoms with Crippen LogP contribution in [0, 0.1) is 0 Å². The standard InChI is InChI=1S/C5H8NO3/c7-3-1-4(5(8)9)6-2-3/h3-4,7H,1-2H2,(H,8,9). The van der Waals surface area contributed by atoms with E-state index in [0.29, 0.717) is 0 Å². The van der Waals surface area contributed by atoms with Gasteiger partial charge in [0.1, 0.15) is 6.04 Å². The van der Waals surface area contributed by atoms with E-state index in [0.717, 1.165) is 0 Å². The fourth-order valence-electron chi connectivity index (χ4n) is 0.835. The van der Waals surface area contributed by atoms with Crippen molar-refractivity contribution in [2.24, 2.45) is 0 Å². The van der Waals surface area contributed by atoms with Crippen molar-refractivity contribution in [2.75, 3.05) is 6.54 Å². The van der Waals surface area contributed by atoms with Gasteiger partial charge in [-0.3, -0.25) is 4.79 Å². The van der Waals surface area contributed by atoms with Crippen molar-refractivity contribution < 1.29 is 15.0 Å². The van der Waals surface area contributed by atoms with Gasteiger partial charge in [-0.2, -0.15) is 0 Å². The predicted octanol–water partition coefficient (Wildman–Crippen LogP) is -1.19. The molecule has 9 heavy (non-hydrogen) atoms. The molecule has 0 amide bonds. The highest BCUT2D eigenvalue weighted by Crippen LogP contribution is 2.07. The molecule has 0 saturated carbocycles. The molecule has 0 aromatic heterocycles. The van der Waals surface area contributed by atoms with Crippen LogP contribution < -0.4 is 5.32 Å². The Morgan fingerprint density at radius 1 is 1.67 bits per heavy atom. The number of aliphatic hydroxyl groups is 1. The minimum Gasteiger partial charge on any atom is -0.480 e. The molecule has 1 rings (SSSR count). The highest BCUT2D eigenvalue weighted by atomic mass is 16.4. The quantitative estimate of drug-likeness (QED) is 0.468. The van der Waals surface area contributed by atoms with E-state index in [9.17, 15) is 4.79 Å². The smallest absolute Gasteiger partial charge is 0.322 e. The molecule has 1 fully saturated rings. The number of rotatable bonds is 1. The zero-order valence-electron chi connectivity index (χ0n) is 4.82. The molecule has 1 saturated heterocycles. The summed E-state index contributed by atoms with van der Waals surface area (Å²) in [6, 6.07) is -0.667. The van der Waals surface area contributed by atoms with Gasteiger partial charge in [-0.05, 0) is 0 Å². The SMILES string of the molecule is O=C(O)C1CC(O)C[N]1. The van der Waals surface area contributed by atoms with E-state index in [-0.39, 0.29) is 13.0 Å². The van der Waals surface area contributed by atoms with Crippen molar-refractivity contribution in [1.29, 1.82) is 0 Å². The highest BCUT2D eigenvalue weighted by Gasteiger charge is 2.28. The van der Waals surface area contributed by atoms with Gasteiger partial charge in [0, 0.05) is 13.0 Å². The van der Waals surface area contributed by atoms with Crippen LogP contribution in [0.3, 0.4) is 0 Å². The molecule has 0 aromatic carbocycles. The number of carbonyl (C=O) groups is 1. The monoisotopic (exact) mass is 130 g/mol. The molecule has 1 heterocycles. The molecule has 51 valence electrons. The Kier molecular flexibility index (Phi) is 1.68. The first kappa shape index (κ1) is 6.51. The van der Waals surface area contributed by atoms with Gasteiger partial charge >= 0.3 is 5.97 Å². The van der Waals surface area contributed by atoms with Gasteiger partial charge in [0.15, 0.2) is 0 Å². The maximum absolute atomic E-state index is 10.1. The normalized spacial score (nSPS) is 34.8. The Hall–Kier alpha value is -0.610. The van der Waals surface area contributed by atoms with Gasteiger partial charge in [-0.1, -0.05) is 0 Å². The van der Waals surface area contributed by atoms with Crippen LogP contribution in [0.4, 0.5) is 0 Å². The molecule has 0 bridgehead atoms. The lowest BCUT2D eigenvalue weighted by Gasteiger charge is -1.98. The second-order valence-electron chi connectivity index (χ2n) is 2.11. The number of carboxylic acids is 1. The van der Waals surface area contributed by atoms with Crippen molar-refractivity contribution >= 4 is 5.97 Å². The zero-order chi connectivity index (χ0) is 6.85. The van der Waals surface area contributed by atoms with E-state index in [1.807, 2.05) is 0 Å². The van der Waals surface area contributed by atoms with Crippen molar-refractivity contribution in [3.63, 3.8) is 0 Å². The zero-order valence-corrected chi connectivity index (χ0v) is 4.82. The van der Waals surface area contributed by atoms with Gasteiger partial charge in [0.25, 0.3) is 0 Å². The molecule has 2 N–H and O–H groups in total. The molecular weight excluding hydrogens is 122 g/mol. The molecule has 1 aliphatic rings. The summed E-state index contributed by atoms with van der Waals surface area (Å²) in [7, 11) is 0. The van der Waals surface area contributed by atoms with Crippen molar-refractivity contribution in [2.45, 2.75) is 18.6 Å². The summed E-state index contributed by atoms with van der Waals surface area (Å²) >= 11 is 0. The molecular formula is C5H8NO3. The molecule has 4 heteroatoms. The molecule has 2 unspecified atom stereocenters. The second kappa shape index (κ2) is 2.33. The Morgan fingerprint density at radius 3 is 2.56 bits per heavy atom. The van der Waals surface area contributed by atoms with Crippen LogP contribution >= 0.6 is 0 Å². The maximum atomic E-state index is 10.1. The van der Waals surface area contributed by atoms with E-state index < -0.39 is 18.1 Å². The Balaban J connectivity index is 2.39. The van der Waals surface area contributed by atoms with Gasteiger partial charge in [0.2, 0.25) is 0 Å². The topological polar surface area (TPSA) is 71.6 Å². The Morgan fingerprint density at radius 2 is 2.33 bits per heavy atom. The highest BCUT2D eigenvalue weighted by molar-refractivity contribution is 5.73. The lowest BCUT2D eigenvalue weighted by Crippen LogP contribution is -2.24. The van der Waals surface area contributed by atoms with E-state index in [1.54, 1.807) is 0 Å². The summed E-state index contributed by atoms with van der Waals surface area (Å²) in [4.78, 5) is 10.1. The van der Waals surface area contributed by atoms with Crippen molar-refractivity contribution in [1.82, 2.24) is 5.32 Å². The number of hydrogen-bond acceptors (Lipinski definition) is 2. The summed E-state index contributed by atoms with van der Waals surface area (Å²) in [6.45, 7) is 0.275. The predicted molar refractivity (Wildman–Crippen MR) is 29.0 cm³/mol. The van der Waals surface area contributed by atoms with Crippen LogP contribution in [0.25, 0.3) is 0 Å². The number of aliphatic hydroxyl groups excluding tert-OH is 1. The molecule has 1 aliphatic heterocycles. The van der Waals surface area contributed by atoms with Crippen LogP contribution in [0.2, 0.25) is 0 Å². The number of aliphatic carboxylic acids is 1. The van der Waals surface area contributed by atoms with E-state index in [1.165, 1.54) is 0 Å². The third-order valence-corrected chi connectivity index (χ3v) is 1.32. The minimum absolute atomic E-state index is 0.273. The van der Waals surface area contributed by atoms with E-state index >= 15 is 0 Å². The van der Waals surface area contributed by atoms with E-state index in [4.69, 9.17) is 10.2 Å². The fraction of sp³-hybridized carbons (Fsp3) is 0.800. The van der Waals surface area contributed by atoms with Crippen molar-refractivity contribution in [3.8, 4) is 0 Å². The summed E-state index contributed by atoms with van der Waals surface area (Å²) in [5, 5.41) is 20.8. The van der Waals surface area contributed by atoms with Crippen molar-refractivity contribution in [3.05, 3.63) is 0 Å². The minimum atomic E-state index is -0.938. The summed E-state index contributed by atoms with van der Waals surface area (Å²) in [6.07, 6.45) is -0.263. The van der Waals surface area contributed by atoms with Crippen LogP contribution in [-0.2, 0) is 4.79 Å². The van der Waals surface area contributed by atoms with Crippen LogP contribution in [0.1, 0.15) is 6.42 Å². The summed E-state index contributed by atoms with van der Waals surface area (Å²) in [5.41, 5.74) is 0. The molecule has 4 nitrogen and oxygen atoms in total. The molecule has 0 aromatic rings. The summed E-state index contributed by atoms with van der Waals surface area (Å²) < 4.78 is 0. The second-order valence-corrected chi connectivity index (χ2v) is 2.11. The molecule has 0 spiro atoms. The average molecular weight is 130 g/mol. The maximum Gasteiger partial charge on any atom is 0.322 e. The van der Waals surface area contributed by atoms with Gasteiger partial charge in [-0.15, -0.1) is 0 Å². The third-order valence-electron chi connectivity index (χ3n) is 1.32. The first-order chi connectivity index (χ1) is 4.20. The van der Waals surface area contributed by atoms with Gasteiger partial charge in [-0.25, -0.2) is 5.32 Å².